The molecule has 2 aromatic rings. The van der Waals surface area contributed by atoms with E-state index in [0.717, 1.165) is 11.1 Å². The molecule has 0 aliphatic carbocycles. The highest BCUT2D eigenvalue weighted by Crippen LogP contribution is 2.23. The maximum atomic E-state index is 10.8. The number of pyridine rings is 1. The van der Waals surface area contributed by atoms with Gasteiger partial charge in [0, 0.05) is 12.3 Å². The molecule has 0 unspecified atom stereocenters. The first kappa shape index (κ1) is 12.0. The number of benzene rings is 1. The Morgan fingerprint density at radius 1 is 1.33 bits per heavy atom. The van der Waals surface area contributed by atoms with E-state index < -0.39 is 4.92 Å². The molecular weight excluding hydrogens is 232 g/mol. The van der Waals surface area contributed by atoms with Crippen LogP contribution in [0.25, 0.3) is 0 Å². The minimum absolute atomic E-state index is 0.0454. The first-order valence-corrected chi connectivity index (χ1v) is 5.44. The van der Waals surface area contributed by atoms with Crippen molar-refractivity contribution in [1.29, 1.82) is 0 Å². The molecule has 0 radical (unpaired) electrons. The van der Waals surface area contributed by atoms with Gasteiger partial charge in [-0.25, -0.2) is 4.98 Å². The van der Waals surface area contributed by atoms with Gasteiger partial charge in [0.25, 0.3) is 5.88 Å². The van der Waals surface area contributed by atoms with Crippen molar-refractivity contribution < 1.29 is 9.66 Å². The lowest BCUT2D eigenvalue weighted by Crippen LogP contribution is -2.00. The average molecular weight is 244 g/mol. The van der Waals surface area contributed by atoms with Gasteiger partial charge in [0.15, 0.2) is 0 Å². The molecule has 18 heavy (non-hydrogen) atoms. The lowest BCUT2D eigenvalue weighted by atomic mass is 10.1. The van der Waals surface area contributed by atoms with Gasteiger partial charge in [-0.1, -0.05) is 29.8 Å². The number of nitro groups is 1. The van der Waals surface area contributed by atoms with Crippen molar-refractivity contribution in [1.82, 2.24) is 4.98 Å². The summed E-state index contributed by atoms with van der Waals surface area (Å²) >= 11 is 0. The molecule has 0 saturated heterocycles. The number of rotatable bonds is 4. The van der Waals surface area contributed by atoms with Crippen molar-refractivity contribution in [3.63, 3.8) is 0 Å². The number of hydrogen-bond donors (Lipinski definition) is 0. The Kier molecular flexibility index (Phi) is 3.52. The third-order valence-corrected chi connectivity index (χ3v) is 2.41. The fraction of sp³-hybridized carbons (Fsp3) is 0.154. The second-order valence-electron chi connectivity index (χ2n) is 3.86. The van der Waals surface area contributed by atoms with Crippen LogP contribution in [0.15, 0.2) is 42.6 Å². The van der Waals surface area contributed by atoms with E-state index in [9.17, 15) is 10.1 Å². The van der Waals surface area contributed by atoms with E-state index in [1.165, 1.54) is 18.3 Å². The van der Waals surface area contributed by atoms with E-state index in [4.69, 9.17) is 4.74 Å². The zero-order valence-electron chi connectivity index (χ0n) is 9.87. The lowest BCUT2D eigenvalue weighted by molar-refractivity contribution is -0.386. The van der Waals surface area contributed by atoms with Gasteiger partial charge in [-0.3, -0.25) is 10.1 Å². The molecule has 0 aliphatic rings. The summed E-state index contributed by atoms with van der Waals surface area (Å²) in [7, 11) is 0. The largest absolute Gasteiger partial charge is 0.468 e. The molecule has 1 aromatic heterocycles. The molecule has 0 saturated carbocycles. The van der Waals surface area contributed by atoms with Crippen LogP contribution in [0.3, 0.4) is 0 Å². The Morgan fingerprint density at radius 3 is 2.89 bits per heavy atom. The van der Waals surface area contributed by atoms with Gasteiger partial charge in [0.1, 0.15) is 6.61 Å². The van der Waals surface area contributed by atoms with Gasteiger partial charge < -0.3 is 4.74 Å². The van der Waals surface area contributed by atoms with E-state index in [2.05, 4.69) is 4.98 Å². The van der Waals surface area contributed by atoms with Crippen LogP contribution in [-0.4, -0.2) is 9.91 Å². The standard InChI is InChI=1S/C13H12N2O3/c1-10-4-2-5-11(8-10)9-18-13-12(15(16)17)6-3-7-14-13/h2-8H,9H2,1H3. The molecule has 0 spiro atoms. The molecule has 5 heteroatoms. The highest BCUT2D eigenvalue weighted by Gasteiger charge is 2.15. The van der Waals surface area contributed by atoms with Gasteiger partial charge in [-0.2, -0.15) is 0 Å². The van der Waals surface area contributed by atoms with Crippen LogP contribution in [0.2, 0.25) is 0 Å². The van der Waals surface area contributed by atoms with Crippen molar-refractivity contribution in [3.05, 3.63) is 63.8 Å². The molecule has 1 heterocycles. The zero-order valence-corrected chi connectivity index (χ0v) is 9.87. The van der Waals surface area contributed by atoms with Crippen LogP contribution in [-0.2, 0) is 6.61 Å². The third kappa shape index (κ3) is 2.82. The van der Waals surface area contributed by atoms with Gasteiger partial charge in [-0.05, 0) is 18.6 Å². The van der Waals surface area contributed by atoms with Crippen LogP contribution in [0.1, 0.15) is 11.1 Å². The smallest absolute Gasteiger partial charge is 0.330 e. The summed E-state index contributed by atoms with van der Waals surface area (Å²) in [4.78, 5) is 14.1. The number of ether oxygens (including phenoxy) is 1. The van der Waals surface area contributed by atoms with Crippen LogP contribution >= 0.6 is 0 Å². The van der Waals surface area contributed by atoms with Crippen molar-refractivity contribution in [3.8, 4) is 5.88 Å². The second kappa shape index (κ2) is 5.27. The van der Waals surface area contributed by atoms with Crippen molar-refractivity contribution >= 4 is 5.69 Å². The number of aryl methyl sites for hydroxylation is 1. The molecule has 0 atom stereocenters. The molecule has 0 fully saturated rings. The predicted molar refractivity (Wildman–Crippen MR) is 66.4 cm³/mol. The van der Waals surface area contributed by atoms with Crippen molar-refractivity contribution in [2.24, 2.45) is 0 Å². The Bertz CT molecular complexity index is 570. The van der Waals surface area contributed by atoms with E-state index in [1.54, 1.807) is 0 Å². The summed E-state index contributed by atoms with van der Waals surface area (Å²) in [5.41, 5.74) is 1.95. The zero-order chi connectivity index (χ0) is 13.0. The SMILES string of the molecule is Cc1cccc(COc2ncccc2[N+](=O)[O-])c1. The second-order valence-corrected chi connectivity index (χ2v) is 3.86. The molecule has 0 N–H and O–H groups in total. The van der Waals surface area contributed by atoms with Gasteiger partial charge >= 0.3 is 5.69 Å². The number of aromatic nitrogens is 1. The van der Waals surface area contributed by atoms with Crippen LogP contribution in [0.5, 0.6) is 5.88 Å². The normalized spacial score (nSPS) is 10.1. The van der Waals surface area contributed by atoms with E-state index >= 15 is 0 Å². The quantitative estimate of drug-likeness (QED) is 0.612. The number of nitrogens with zero attached hydrogens (tertiary/aromatic N) is 2. The van der Waals surface area contributed by atoms with Crippen molar-refractivity contribution in [2.45, 2.75) is 13.5 Å². The maximum Gasteiger partial charge on any atom is 0.330 e. The Labute approximate surface area is 104 Å². The third-order valence-electron chi connectivity index (χ3n) is 2.41. The van der Waals surface area contributed by atoms with Crippen molar-refractivity contribution in [2.75, 3.05) is 0 Å². The molecule has 2 rings (SSSR count). The van der Waals surface area contributed by atoms with Gasteiger partial charge in [0.2, 0.25) is 0 Å². The molecule has 1 aromatic carbocycles. The highest BCUT2D eigenvalue weighted by atomic mass is 16.6. The lowest BCUT2D eigenvalue weighted by Gasteiger charge is -2.06. The highest BCUT2D eigenvalue weighted by molar-refractivity contribution is 5.39. The van der Waals surface area contributed by atoms with Crippen LogP contribution in [0, 0.1) is 17.0 Å². The fourth-order valence-electron chi connectivity index (χ4n) is 1.59. The Morgan fingerprint density at radius 2 is 2.17 bits per heavy atom. The topological polar surface area (TPSA) is 65.3 Å². The molecular formula is C13H12N2O3. The first-order chi connectivity index (χ1) is 8.66. The predicted octanol–water partition coefficient (Wildman–Crippen LogP) is 2.88. The van der Waals surface area contributed by atoms with Crippen LogP contribution < -0.4 is 4.74 Å². The van der Waals surface area contributed by atoms with E-state index in [-0.39, 0.29) is 18.2 Å². The molecule has 92 valence electrons. The monoisotopic (exact) mass is 244 g/mol. The average Bonchev–Trinajstić information content (AvgIpc) is 2.37. The summed E-state index contributed by atoms with van der Waals surface area (Å²) in [5, 5.41) is 10.8. The molecule has 5 nitrogen and oxygen atoms in total. The van der Waals surface area contributed by atoms with Gasteiger partial charge in [-0.15, -0.1) is 0 Å². The summed E-state index contributed by atoms with van der Waals surface area (Å²) in [6.45, 7) is 2.24. The first-order valence-electron chi connectivity index (χ1n) is 5.44. The van der Waals surface area contributed by atoms with Crippen LogP contribution in [0.4, 0.5) is 5.69 Å². The fourth-order valence-corrected chi connectivity index (χ4v) is 1.59. The van der Waals surface area contributed by atoms with E-state index in [0.29, 0.717) is 0 Å². The Balaban J connectivity index is 2.13. The molecule has 0 amide bonds. The van der Waals surface area contributed by atoms with E-state index in [1.807, 2.05) is 31.2 Å². The molecule has 0 bridgehead atoms. The summed E-state index contributed by atoms with van der Waals surface area (Å²) in [6.07, 6.45) is 1.47. The summed E-state index contributed by atoms with van der Waals surface area (Å²) in [6, 6.07) is 10.7. The minimum atomic E-state index is -0.501. The minimum Gasteiger partial charge on any atom is -0.468 e. The van der Waals surface area contributed by atoms with Gasteiger partial charge in [0.05, 0.1) is 4.92 Å². The number of hydrogen-bond acceptors (Lipinski definition) is 4. The summed E-state index contributed by atoms with van der Waals surface area (Å²) in [5.74, 6) is 0.0454. The molecule has 0 aliphatic heterocycles. The summed E-state index contributed by atoms with van der Waals surface area (Å²) < 4.78 is 5.39. The maximum absolute atomic E-state index is 10.8. The Hall–Kier alpha value is -2.43.